The van der Waals surface area contributed by atoms with E-state index in [2.05, 4.69) is 241 Å². The molecule has 13 aromatic rings. The molecule has 0 bridgehead atoms. The van der Waals surface area contributed by atoms with E-state index in [1.165, 1.54) is 120 Å². The van der Waals surface area contributed by atoms with Gasteiger partial charge in [0, 0.05) is 38.3 Å². The van der Waals surface area contributed by atoms with Crippen molar-refractivity contribution in [3.63, 3.8) is 0 Å². The Morgan fingerprint density at radius 1 is 0.262 bits per heavy atom. The maximum atomic E-state index is 2.53. The monoisotopic (exact) mass is 826 g/mol. The zero-order valence-corrected chi connectivity index (χ0v) is 36.2. The molecule has 2 aromatic heterocycles. The van der Waals surface area contributed by atoms with E-state index in [-0.39, 0.29) is 5.41 Å². The standard InChI is InChI=1S/C63H42N2/c1-63(2)57-24-14-13-23-50(57)52-37-56-55-36-44(64-59-30-25-41(39-15-5-3-6-16-39)33-53(59)54-34-42(26-31-60(54)64)40-17-7-4-8-18-40)28-32-61(55)65(62(56)38-58(52)63)43-27-29-49-47-21-10-9-19-45(47)46-20-11-12-22-48(46)51(49)35-43/h3-38H,1-2H3. The summed E-state index contributed by atoms with van der Waals surface area (Å²) in [6, 6.07) is 81.5. The molecular formula is C63H42N2. The van der Waals surface area contributed by atoms with Gasteiger partial charge in [-0.1, -0.05) is 166 Å². The fourth-order valence-electron chi connectivity index (χ4n) is 11.6. The molecule has 0 atom stereocenters. The van der Waals surface area contributed by atoms with Gasteiger partial charge < -0.3 is 9.13 Å². The molecule has 14 rings (SSSR count). The predicted octanol–water partition coefficient (Wildman–Crippen LogP) is 17.0. The largest absolute Gasteiger partial charge is 0.309 e. The lowest BCUT2D eigenvalue weighted by Crippen LogP contribution is -2.14. The molecule has 2 heterocycles. The second-order valence-corrected chi connectivity index (χ2v) is 18.5. The van der Waals surface area contributed by atoms with Gasteiger partial charge in [-0.05, 0) is 144 Å². The molecule has 0 spiro atoms. The molecule has 0 saturated heterocycles. The first-order valence-corrected chi connectivity index (χ1v) is 22.8. The zero-order chi connectivity index (χ0) is 43.0. The van der Waals surface area contributed by atoms with Crippen molar-refractivity contribution in [2.45, 2.75) is 19.3 Å². The predicted molar refractivity (Wildman–Crippen MR) is 276 cm³/mol. The molecule has 11 aromatic carbocycles. The van der Waals surface area contributed by atoms with E-state index >= 15 is 0 Å². The molecule has 0 amide bonds. The highest BCUT2D eigenvalue weighted by Crippen LogP contribution is 2.51. The minimum absolute atomic E-state index is 0.134. The second kappa shape index (κ2) is 13.4. The first kappa shape index (κ1) is 36.3. The molecule has 0 N–H and O–H groups in total. The number of hydrogen-bond acceptors (Lipinski definition) is 0. The topological polar surface area (TPSA) is 9.86 Å². The number of rotatable bonds is 4. The van der Waals surface area contributed by atoms with Gasteiger partial charge in [-0.15, -0.1) is 0 Å². The summed E-state index contributed by atoms with van der Waals surface area (Å²) in [6.07, 6.45) is 0. The summed E-state index contributed by atoms with van der Waals surface area (Å²) in [7, 11) is 0. The van der Waals surface area contributed by atoms with Crippen LogP contribution in [0.15, 0.2) is 218 Å². The van der Waals surface area contributed by atoms with Gasteiger partial charge in [-0.25, -0.2) is 0 Å². The normalized spacial score (nSPS) is 13.2. The zero-order valence-electron chi connectivity index (χ0n) is 36.2. The highest BCUT2D eigenvalue weighted by atomic mass is 15.0. The average Bonchev–Trinajstić information content (AvgIpc) is 3.95. The fourth-order valence-corrected chi connectivity index (χ4v) is 11.6. The van der Waals surface area contributed by atoms with Crippen LogP contribution in [0.3, 0.4) is 0 Å². The molecule has 65 heavy (non-hydrogen) atoms. The number of fused-ring (bicyclic) bond motifs is 15. The molecule has 304 valence electrons. The minimum atomic E-state index is -0.134. The van der Waals surface area contributed by atoms with Crippen LogP contribution in [0.5, 0.6) is 0 Å². The highest BCUT2D eigenvalue weighted by Gasteiger charge is 2.36. The molecule has 0 unspecified atom stereocenters. The Morgan fingerprint density at radius 2 is 0.692 bits per heavy atom. The number of nitrogens with zero attached hydrogens (tertiary/aromatic N) is 2. The molecule has 0 aliphatic heterocycles. The van der Waals surface area contributed by atoms with Crippen LogP contribution in [0, 0.1) is 0 Å². The van der Waals surface area contributed by atoms with Crippen LogP contribution < -0.4 is 0 Å². The third kappa shape index (κ3) is 5.17. The molecule has 0 radical (unpaired) electrons. The van der Waals surface area contributed by atoms with Crippen LogP contribution in [0.1, 0.15) is 25.0 Å². The van der Waals surface area contributed by atoms with Crippen LogP contribution in [0.25, 0.3) is 121 Å². The van der Waals surface area contributed by atoms with Gasteiger partial charge in [0.05, 0.1) is 22.1 Å². The third-order valence-electron chi connectivity index (χ3n) is 14.7. The van der Waals surface area contributed by atoms with E-state index < -0.39 is 0 Å². The Balaban J connectivity index is 1.06. The van der Waals surface area contributed by atoms with Gasteiger partial charge >= 0.3 is 0 Å². The van der Waals surface area contributed by atoms with Gasteiger partial charge in [0.15, 0.2) is 0 Å². The van der Waals surface area contributed by atoms with Crippen molar-refractivity contribution in [1.82, 2.24) is 9.13 Å². The molecular weight excluding hydrogens is 785 g/mol. The van der Waals surface area contributed by atoms with Crippen LogP contribution in [-0.4, -0.2) is 9.13 Å². The lowest BCUT2D eigenvalue weighted by molar-refractivity contribution is 0.661. The Labute approximate surface area is 376 Å². The van der Waals surface area contributed by atoms with Crippen LogP contribution in [-0.2, 0) is 5.41 Å². The maximum Gasteiger partial charge on any atom is 0.0544 e. The van der Waals surface area contributed by atoms with Gasteiger partial charge in [0.25, 0.3) is 0 Å². The van der Waals surface area contributed by atoms with Crippen molar-refractivity contribution < 1.29 is 0 Å². The SMILES string of the molecule is CC1(C)c2ccccc2-c2cc3c4cc(-n5c6ccc(-c7ccccc7)cc6c6cc(-c7ccccc7)ccc65)ccc4n(-c4ccc5c6ccccc6c6ccccc6c5c4)c3cc21. The number of aromatic nitrogens is 2. The number of hydrogen-bond donors (Lipinski definition) is 0. The first-order chi connectivity index (χ1) is 32.0. The van der Waals surface area contributed by atoms with Crippen molar-refractivity contribution in [1.29, 1.82) is 0 Å². The minimum Gasteiger partial charge on any atom is -0.309 e. The lowest BCUT2D eigenvalue weighted by atomic mass is 9.82. The van der Waals surface area contributed by atoms with Gasteiger partial charge in [0.1, 0.15) is 0 Å². The van der Waals surface area contributed by atoms with Crippen LogP contribution in [0.2, 0.25) is 0 Å². The molecule has 0 fully saturated rings. The summed E-state index contributed by atoms with van der Waals surface area (Å²) in [5.41, 5.74) is 17.3. The van der Waals surface area contributed by atoms with Gasteiger partial charge in [0.2, 0.25) is 0 Å². The van der Waals surface area contributed by atoms with Crippen molar-refractivity contribution in [2.24, 2.45) is 0 Å². The summed E-state index contributed by atoms with van der Waals surface area (Å²) in [5.74, 6) is 0. The van der Waals surface area contributed by atoms with Crippen LogP contribution in [0.4, 0.5) is 0 Å². The lowest BCUT2D eigenvalue weighted by Gasteiger charge is -2.21. The summed E-state index contributed by atoms with van der Waals surface area (Å²) >= 11 is 0. The smallest absolute Gasteiger partial charge is 0.0544 e. The highest BCUT2D eigenvalue weighted by molar-refractivity contribution is 6.26. The summed E-state index contributed by atoms with van der Waals surface area (Å²) in [6.45, 7) is 4.77. The Hall–Kier alpha value is -8.20. The van der Waals surface area contributed by atoms with E-state index in [0.717, 1.165) is 11.4 Å². The molecule has 1 aliphatic carbocycles. The molecule has 0 saturated carbocycles. The Bertz CT molecular complexity index is 4000. The summed E-state index contributed by atoms with van der Waals surface area (Å²) in [5, 5.41) is 12.7. The van der Waals surface area contributed by atoms with Crippen molar-refractivity contribution in [3.05, 3.63) is 230 Å². The molecule has 1 aliphatic rings. The maximum absolute atomic E-state index is 2.53. The fraction of sp³-hybridized carbons (Fsp3) is 0.0476. The molecule has 2 heteroatoms. The van der Waals surface area contributed by atoms with E-state index in [0.29, 0.717) is 0 Å². The molecule has 2 nitrogen and oxygen atoms in total. The number of benzene rings is 11. The summed E-state index contributed by atoms with van der Waals surface area (Å²) in [4.78, 5) is 0. The van der Waals surface area contributed by atoms with Crippen molar-refractivity contribution in [2.75, 3.05) is 0 Å². The van der Waals surface area contributed by atoms with E-state index in [1.807, 2.05) is 0 Å². The summed E-state index contributed by atoms with van der Waals surface area (Å²) < 4.78 is 5.01. The second-order valence-electron chi connectivity index (χ2n) is 18.5. The van der Waals surface area contributed by atoms with Crippen LogP contribution >= 0.6 is 0 Å². The van der Waals surface area contributed by atoms with E-state index in [9.17, 15) is 0 Å². The van der Waals surface area contributed by atoms with Gasteiger partial charge in [-0.2, -0.15) is 0 Å². The van der Waals surface area contributed by atoms with Crippen molar-refractivity contribution >= 4 is 75.9 Å². The third-order valence-corrected chi connectivity index (χ3v) is 14.7. The van der Waals surface area contributed by atoms with E-state index in [4.69, 9.17) is 0 Å². The van der Waals surface area contributed by atoms with E-state index in [1.54, 1.807) is 0 Å². The first-order valence-electron chi connectivity index (χ1n) is 22.8. The quantitative estimate of drug-likeness (QED) is 0.156. The average molecular weight is 827 g/mol. The Kier molecular flexibility index (Phi) is 7.49. The van der Waals surface area contributed by atoms with Gasteiger partial charge in [-0.3, -0.25) is 0 Å². The Morgan fingerprint density at radius 3 is 1.29 bits per heavy atom. The van der Waals surface area contributed by atoms with Crippen molar-refractivity contribution in [3.8, 4) is 44.8 Å².